The van der Waals surface area contributed by atoms with Gasteiger partial charge in [-0.05, 0) is 25.2 Å². The number of hydrogen-bond donors (Lipinski definition) is 3. The molecular formula is C14H21N3O3. The minimum atomic E-state index is -0.856. The first-order valence-electron chi connectivity index (χ1n) is 7.06. The minimum Gasteiger partial charge on any atom is -0.481 e. The summed E-state index contributed by atoms with van der Waals surface area (Å²) in [7, 11) is 0. The molecule has 0 aromatic carbocycles. The van der Waals surface area contributed by atoms with Crippen LogP contribution in [0.5, 0.6) is 0 Å². The zero-order valence-corrected chi connectivity index (χ0v) is 11.6. The van der Waals surface area contributed by atoms with E-state index in [2.05, 4.69) is 15.3 Å². The Hall–Kier alpha value is -1.85. The number of carboxylic acid groups (broad SMARTS) is 1. The summed E-state index contributed by atoms with van der Waals surface area (Å²) in [5.74, 6) is -0.695. The molecule has 3 N–H and O–H groups in total. The van der Waals surface area contributed by atoms with Crippen molar-refractivity contribution < 1.29 is 14.7 Å². The van der Waals surface area contributed by atoms with Crippen LogP contribution in [0.4, 0.5) is 0 Å². The molecule has 0 aliphatic heterocycles. The van der Waals surface area contributed by atoms with E-state index >= 15 is 0 Å². The van der Waals surface area contributed by atoms with Crippen molar-refractivity contribution in [2.24, 2.45) is 17.8 Å². The molecule has 1 amide bonds. The molecule has 0 radical (unpaired) electrons. The fourth-order valence-corrected chi connectivity index (χ4v) is 2.89. The molecule has 1 heterocycles. The van der Waals surface area contributed by atoms with Crippen molar-refractivity contribution >= 4 is 11.9 Å². The predicted molar refractivity (Wildman–Crippen MR) is 72.9 cm³/mol. The smallest absolute Gasteiger partial charge is 0.307 e. The lowest BCUT2D eigenvalue weighted by molar-refractivity contribution is -0.146. The number of carbonyl (C=O) groups excluding carboxylic acids is 1. The molecule has 1 aliphatic rings. The summed E-state index contributed by atoms with van der Waals surface area (Å²) < 4.78 is 0. The molecule has 1 aromatic rings. The van der Waals surface area contributed by atoms with Crippen molar-refractivity contribution in [2.75, 3.05) is 6.54 Å². The number of aromatic amines is 1. The first kappa shape index (κ1) is 14.6. The number of nitrogens with zero attached hydrogens (tertiary/aromatic N) is 1. The summed E-state index contributed by atoms with van der Waals surface area (Å²) in [5, 5.41) is 12.0. The van der Waals surface area contributed by atoms with E-state index < -0.39 is 11.9 Å². The third-order valence-corrected chi connectivity index (χ3v) is 3.90. The highest BCUT2D eigenvalue weighted by atomic mass is 16.4. The number of aromatic nitrogens is 2. The van der Waals surface area contributed by atoms with Gasteiger partial charge in [-0.1, -0.05) is 6.92 Å². The second kappa shape index (κ2) is 6.54. The molecule has 0 saturated heterocycles. The summed E-state index contributed by atoms with van der Waals surface area (Å²) in [6.07, 6.45) is 6.30. The van der Waals surface area contributed by atoms with Crippen molar-refractivity contribution in [3.05, 3.63) is 18.2 Å². The van der Waals surface area contributed by atoms with Crippen LogP contribution < -0.4 is 5.32 Å². The van der Waals surface area contributed by atoms with Gasteiger partial charge in [0.05, 0.1) is 11.8 Å². The number of rotatable bonds is 6. The summed E-state index contributed by atoms with van der Waals surface area (Å²) in [4.78, 5) is 30.3. The molecule has 20 heavy (non-hydrogen) atoms. The molecule has 1 fully saturated rings. The van der Waals surface area contributed by atoms with E-state index in [0.29, 0.717) is 25.3 Å². The number of amides is 1. The van der Waals surface area contributed by atoms with E-state index in [9.17, 15) is 9.59 Å². The van der Waals surface area contributed by atoms with Gasteiger partial charge in [-0.25, -0.2) is 4.98 Å². The molecule has 3 atom stereocenters. The second-order valence-electron chi connectivity index (χ2n) is 5.56. The van der Waals surface area contributed by atoms with E-state index in [-0.39, 0.29) is 11.8 Å². The highest BCUT2D eigenvalue weighted by Gasteiger charge is 2.40. The Labute approximate surface area is 118 Å². The number of nitrogens with one attached hydrogen (secondary N) is 2. The van der Waals surface area contributed by atoms with Crippen LogP contribution in [-0.2, 0) is 16.0 Å². The van der Waals surface area contributed by atoms with Crippen LogP contribution in [0.25, 0.3) is 0 Å². The van der Waals surface area contributed by atoms with Crippen molar-refractivity contribution in [1.82, 2.24) is 15.3 Å². The number of carbonyl (C=O) groups is 2. The SMILES string of the molecule is CC1C[C@H](C(=O)NCCCc2ncc[nH]2)[C@H](C(=O)O)C1. The Kier molecular flexibility index (Phi) is 4.76. The Morgan fingerprint density at radius 3 is 2.85 bits per heavy atom. The van der Waals surface area contributed by atoms with Crippen molar-refractivity contribution in [3.63, 3.8) is 0 Å². The maximum Gasteiger partial charge on any atom is 0.307 e. The highest BCUT2D eigenvalue weighted by Crippen LogP contribution is 2.36. The van der Waals surface area contributed by atoms with Crippen molar-refractivity contribution in [3.8, 4) is 0 Å². The van der Waals surface area contributed by atoms with Crippen molar-refractivity contribution in [2.45, 2.75) is 32.6 Å². The highest BCUT2D eigenvalue weighted by molar-refractivity contribution is 5.85. The number of carboxylic acids is 1. The van der Waals surface area contributed by atoms with E-state index in [1.54, 1.807) is 12.4 Å². The normalized spacial score (nSPS) is 25.6. The first-order chi connectivity index (χ1) is 9.58. The molecule has 1 saturated carbocycles. The van der Waals surface area contributed by atoms with Crippen molar-refractivity contribution in [1.29, 1.82) is 0 Å². The fourth-order valence-electron chi connectivity index (χ4n) is 2.89. The molecule has 110 valence electrons. The summed E-state index contributed by atoms with van der Waals surface area (Å²) >= 11 is 0. The Morgan fingerprint density at radius 1 is 1.45 bits per heavy atom. The topological polar surface area (TPSA) is 95.1 Å². The zero-order valence-electron chi connectivity index (χ0n) is 11.6. The van der Waals surface area contributed by atoms with Gasteiger partial charge in [0.15, 0.2) is 0 Å². The van der Waals surface area contributed by atoms with Gasteiger partial charge in [0.25, 0.3) is 0 Å². The van der Waals surface area contributed by atoms with E-state index in [1.165, 1.54) is 0 Å². The predicted octanol–water partition coefficient (Wildman–Crippen LogP) is 1.21. The molecule has 6 heteroatoms. The van der Waals surface area contributed by atoms with Gasteiger partial charge in [0.1, 0.15) is 5.82 Å². The fraction of sp³-hybridized carbons (Fsp3) is 0.643. The van der Waals surface area contributed by atoms with Crippen LogP contribution >= 0.6 is 0 Å². The molecule has 1 aliphatic carbocycles. The van der Waals surface area contributed by atoms with Crippen LogP contribution in [0, 0.1) is 17.8 Å². The third-order valence-electron chi connectivity index (χ3n) is 3.90. The largest absolute Gasteiger partial charge is 0.481 e. The third kappa shape index (κ3) is 3.59. The number of H-pyrrole nitrogens is 1. The quantitative estimate of drug-likeness (QED) is 0.682. The number of aryl methyl sites for hydroxylation is 1. The van der Waals surface area contributed by atoms with Gasteiger partial charge in [-0.15, -0.1) is 0 Å². The summed E-state index contributed by atoms with van der Waals surface area (Å²) in [6, 6.07) is 0. The number of imidazole rings is 1. The van der Waals surface area contributed by atoms with Crippen LogP contribution in [0.2, 0.25) is 0 Å². The monoisotopic (exact) mass is 279 g/mol. The standard InChI is InChI=1S/C14H21N3O3/c1-9-7-10(11(8-9)14(19)20)13(18)17-4-2-3-12-15-5-6-16-12/h5-6,9-11H,2-4,7-8H2,1H3,(H,15,16)(H,17,18)(H,19,20)/t9?,10-,11+/m0/s1. The molecular weight excluding hydrogens is 258 g/mol. The maximum atomic E-state index is 12.1. The van der Waals surface area contributed by atoms with Crippen LogP contribution in [0.1, 0.15) is 32.0 Å². The lowest BCUT2D eigenvalue weighted by Gasteiger charge is -2.15. The minimum absolute atomic E-state index is 0.124. The summed E-state index contributed by atoms with van der Waals surface area (Å²) in [6.45, 7) is 2.55. The second-order valence-corrected chi connectivity index (χ2v) is 5.56. The van der Waals surface area contributed by atoms with Gasteiger partial charge < -0.3 is 15.4 Å². The Balaban J connectivity index is 1.75. The maximum absolute atomic E-state index is 12.1. The van der Waals surface area contributed by atoms with Crippen LogP contribution in [0.15, 0.2) is 12.4 Å². The zero-order chi connectivity index (χ0) is 14.5. The molecule has 0 bridgehead atoms. The van der Waals surface area contributed by atoms with Gasteiger partial charge in [0.2, 0.25) is 5.91 Å². The molecule has 6 nitrogen and oxygen atoms in total. The Bertz CT molecular complexity index is 458. The number of hydrogen-bond acceptors (Lipinski definition) is 3. The lowest BCUT2D eigenvalue weighted by Crippen LogP contribution is -2.35. The van der Waals surface area contributed by atoms with Crippen LogP contribution in [0.3, 0.4) is 0 Å². The van der Waals surface area contributed by atoms with Gasteiger partial charge in [0, 0.05) is 25.4 Å². The van der Waals surface area contributed by atoms with E-state index in [1.807, 2.05) is 6.92 Å². The number of aliphatic carboxylic acids is 1. The van der Waals surface area contributed by atoms with E-state index in [0.717, 1.165) is 18.7 Å². The average Bonchev–Trinajstić information content (AvgIpc) is 3.03. The van der Waals surface area contributed by atoms with E-state index in [4.69, 9.17) is 5.11 Å². The summed E-state index contributed by atoms with van der Waals surface area (Å²) in [5.41, 5.74) is 0. The van der Waals surface area contributed by atoms with Gasteiger partial charge in [-0.3, -0.25) is 9.59 Å². The molecule has 0 spiro atoms. The van der Waals surface area contributed by atoms with Gasteiger partial charge in [-0.2, -0.15) is 0 Å². The Morgan fingerprint density at radius 2 is 2.20 bits per heavy atom. The van der Waals surface area contributed by atoms with Crippen LogP contribution in [-0.4, -0.2) is 33.5 Å². The lowest BCUT2D eigenvalue weighted by atomic mass is 9.95. The molecule has 1 unspecified atom stereocenters. The van der Waals surface area contributed by atoms with Gasteiger partial charge >= 0.3 is 5.97 Å². The first-order valence-corrected chi connectivity index (χ1v) is 7.06. The molecule has 2 rings (SSSR count). The molecule has 1 aromatic heterocycles. The average molecular weight is 279 g/mol.